The number of hydrogen-bond acceptors (Lipinski definition) is 6. The summed E-state index contributed by atoms with van der Waals surface area (Å²) < 4.78 is 10.7. The second-order valence-corrected chi connectivity index (χ2v) is 4.41. The van der Waals surface area contributed by atoms with Crippen molar-refractivity contribution in [3.63, 3.8) is 0 Å². The molecule has 8 nitrogen and oxygen atoms in total. The molecular weight excluding hydrogens is 268 g/mol. The summed E-state index contributed by atoms with van der Waals surface area (Å²) in [5.41, 5.74) is -0.710. The molecule has 0 saturated carbocycles. The minimum Gasteiger partial charge on any atom is -0.478 e. The minimum absolute atomic E-state index is 0.107. The van der Waals surface area contributed by atoms with Crippen molar-refractivity contribution in [3.05, 3.63) is 27.9 Å². The van der Waals surface area contributed by atoms with E-state index in [0.717, 1.165) is 31.5 Å². The van der Waals surface area contributed by atoms with Gasteiger partial charge < -0.3 is 14.6 Å². The molecule has 1 aliphatic rings. The van der Waals surface area contributed by atoms with Gasteiger partial charge in [-0.2, -0.15) is 0 Å². The van der Waals surface area contributed by atoms with Crippen LogP contribution in [0, 0.1) is 10.1 Å². The van der Waals surface area contributed by atoms with Crippen LogP contribution in [0.5, 0.6) is 5.88 Å². The van der Waals surface area contributed by atoms with Crippen LogP contribution in [0.15, 0.2) is 12.3 Å². The highest BCUT2D eigenvalue weighted by atomic mass is 16.6. The van der Waals surface area contributed by atoms with Crippen LogP contribution in [-0.4, -0.2) is 40.3 Å². The van der Waals surface area contributed by atoms with Crippen molar-refractivity contribution in [3.8, 4) is 5.88 Å². The van der Waals surface area contributed by atoms with Gasteiger partial charge in [-0.25, -0.2) is 9.78 Å². The molecule has 0 aliphatic carbocycles. The summed E-state index contributed by atoms with van der Waals surface area (Å²) in [5.74, 6) is -1.46. The van der Waals surface area contributed by atoms with E-state index in [-0.39, 0.29) is 24.2 Å². The topological polar surface area (TPSA) is 112 Å². The molecule has 1 unspecified atom stereocenters. The largest absolute Gasteiger partial charge is 0.478 e. The Bertz CT molecular complexity index is 513. The lowest BCUT2D eigenvalue weighted by Gasteiger charge is -2.22. The maximum absolute atomic E-state index is 10.9. The van der Waals surface area contributed by atoms with Gasteiger partial charge in [0.25, 0.3) is 5.88 Å². The van der Waals surface area contributed by atoms with Gasteiger partial charge in [-0.05, 0) is 19.3 Å². The minimum atomic E-state index is -1.28. The molecule has 2 rings (SSSR count). The highest BCUT2D eigenvalue weighted by Crippen LogP contribution is 2.26. The molecule has 1 atom stereocenters. The number of ether oxygens (including phenoxy) is 2. The number of rotatable bonds is 5. The average molecular weight is 282 g/mol. The molecule has 20 heavy (non-hydrogen) atoms. The number of hydrogen-bond donors (Lipinski definition) is 1. The van der Waals surface area contributed by atoms with Gasteiger partial charge in [0.05, 0.1) is 16.6 Å². The van der Waals surface area contributed by atoms with Crippen molar-refractivity contribution in [2.24, 2.45) is 0 Å². The van der Waals surface area contributed by atoms with E-state index >= 15 is 0 Å². The van der Waals surface area contributed by atoms with E-state index in [1.165, 1.54) is 0 Å². The van der Waals surface area contributed by atoms with Crippen LogP contribution in [-0.2, 0) is 4.74 Å². The van der Waals surface area contributed by atoms with Crippen LogP contribution in [0.3, 0.4) is 0 Å². The number of carboxylic acids is 1. The predicted octanol–water partition coefficient (Wildman–Crippen LogP) is 1.64. The summed E-state index contributed by atoms with van der Waals surface area (Å²) in [7, 11) is 0. The number of nitro groups is 1. The van der Waals surface area contributed by atoms with Gasteiger partial charge in [-0.1, -0.05) is 0 Å². The van der Waals surface area contributed by atoms with Crippen molar-refractivity contribution < 1.29 is 24.3 Å². The fourth-order valence-electron chi connectivity index (χ4n) is 1.91. The maximum atomic E-state index is 10.9. The number of aromatic carboxylic acids is 1. The lowest BCUT2D eigenvalue weighted by atomic mass is 10.1. The Morgan fingerprint density at radius 2 is 2.40 bits per heavy atom. The van der Waals surface area contributed by atoms with Gasteiger partial charge >= 0.3 is 11.7 Å². The average Bonchev–Trinajstić information content (AvgIpc) is 2.45. The Morgan fingerprint density at radius 3 is 3.00 bits per heavy atom. The fraction of sp³-hybridized carbons (Fsp3) is 0.500. The van der Waals surface area contributed by atoms with Gasteiger partial charge in [0, 0.05) is 18.9 Å². The Hall–Kier alpha value is -2.22. The molecule has 1 aromatic heterocycles. The van der Waals surface area contributed by atoms with Crippen LogP contribution in [0.2, 0.25) is 0 Å². The van der Waals surface area contributed by atoms with Gasteiger partial charge in [-0.15, -0.1) is 0 Å². The molecule has 1 saturated heterocycles. The molecule has 2 heterocycles. The normalized spacial score (nSPS) is 18.5. The lowest BCUT2D eigenvalue weighted by molar-refractivity contribution is -0.386. The molecule has 1 aromatic rings. The second-order valence-electron chi connectivity index (χ2n) is 4.41. The Balaban J connectivity index is 2.09. The van der Waals surface area contributed by atoms with E-state index in [0.29, 0.717) is 6.61 Å². The van der Waals surface area contributed by atoms with E-state index < -0.39 is 16.6 Å². The van der Waals surface area contributed by atoms with E-state index in [1.54, 1.807) is 0 Å². The summed E-state index contributed by atoms with van der Waals surface area (Å²) >= 11 is 0. The highest BCUT2D eigenvalue weighted by molar-refractivity contribution is 5.88. The van der Waals surface area contributed by atoms with Crippen LogP contribution < -0.4 is 4.74 Å². The number of carbonyl (C=O) groups is 1. The lowest BCUT2D eigenvalue weighted by Crippen LogP contribution is -2.26. The molecule has 0 spiro atoms. The van der Waals surface area contributed by atoms with Crippen molar-refractivity contribution >= 4 is 11.7 Å². The Labute approximate surface area is 114 Å². The maximum Gasteiger partial charge on any atom is 0.337 e. The first-order valence-corrected chi connectivity index (χ1v) is 6.20. The number of aromatic nitrogens is 1. The summed E-state index contributed by atoms with van der Waals surface area (Å²) in [6.45, 7) is 0.821. The third-order valence-corrected chi connectivity index (χ3v) is 2.96. The van der Waals surface area contributed by atoms with Crippen molar-refractivity contribution in [1.82, 2.24) is 4.98 Å². The highest BCUT2D eigenvalue weighted by Gasteiger charge is 2.22. The van der Waals surface area contributed by atoms with Crippen LogP contribution in [0.25, 0.3) is 0 Å². The van der Waals surface area contributed by atoms with Gasteiger partial charge in [-0.3, -0.25) is 10.1 Å². The van der Waals surface area contributed by atoms with E-state index in [9.17, 15) is 14.9 Å². The molecular formula is C12H14N2O6. The summed E-state index contributed by atoms with van der Waals surface area (Å²) in [5, 5.41) is 19.7. The van der Waals surface area contributed by atoms with Crippen molar-refractivity contribution in [2.75, 3.05) is 13.2 Å². The van der Waals surface area contributed by atoms with E-state index in [4.69, 9.17) is 14.6 Å². The first-order valence-electron chi connectivity index (χ1n) is 6.20. The Morgan fingerprint density at radius 1 is 1.60 bits per heavy atom. The number of carboxylic acid groups (broad SMARTS) is 1. The predicted molar refractivity (Wildman–Crippen MR) is 66.9 cm³/mol. The monoisotopic (exact) mass is 282 g/mol. The van der Waals surface area contributed by atoms with E-state index in [2.05, 4.69) is 4.98 Å². The zero-order valence-corrected chi connectivity index (χ0v) is 10.7. The number of pyridine rings is 1. The van der Waals surface area contributed by atoms with Crippen LogP contribution in [0.4, 0.5) is 5.69 Å². The first-order chi connectivity index (χ1) is 9.58. The van der Waals surface area contributed by atoms with Crippen LogP contribution >= 0.6 is 0 Å². The second kappa shape index (κ2) is 6.29. The molecule has 1 aliphatic heterocycles. The van der Waals surface area contributed by atoms with Crippen LogP contribution in [0.1, 0.15) is 29.6 Å². The molecule has 0 amide bonds. The van der Waals surface area contributed by atoms with Gasteiger partial charge in [0.15, 0.2) is 0 Å². The molecule has 1 fully saturated rings. The SMILES string of the molecule is O=C(O)c1cnc(OCC2CCCCO2)c([N+](=O)[O-])c1. The summed E-state index contributed by atoms with van der Waals surface area (Å²) in [4.78, 5) is 24.7. The molecule has 0 radical (unpaired) electrons. The van der Waals surface area contributed by atoms with Crippen molar-refractivity contribution in [2.45, 2.75) is 25.4 Å². The summed E-state index contributed by atoms with van der Waals surface area (Å²) in [6.07, 6.45) is 3.79. The fourth-order valence-corrected chi connectivity index (χ4v) is 1.91. The molecule has 1 N–H and O–H groups in total. The standard InChI is InChI=1S/C12H14N2O6/c15-12(16)8-5-10(14(17)18)11(13-6-8)20-7-9-3-1-2-4-19-9/h5-6,9H,1-4,7H2,(H,15,16). The molecule has 108 valence electrons. The van der Waals surface area contributed by atoms with Crippen molar-refractivity contribution in [1.29, 1.82) is 0 Å². The third-order valence-electron chi connectivity index (χ3n) is 2.96. The quantitative estimate of drug-likeness (QED) is 0.645. The van der Waals surface area contributed by atoms with E-state index in [1.807, 2.05) is 0 Å². The number of nitrogens with zero attached hydrogens (tertiary/aromatic N) is 2. The zero-order chi connectivity index (χ0) is 14.5. The zero-order valence-electron chi connectivity index (χ0n) is 10.7. The Kier molecular flexibility index (Phi) is 4.46. The summed E-state index contributed by atoms with van der Waals surface area (Å²) in [6, 6.07) is 0.937. The molecule has 0 bridgehead atoms. The van der Waals surface area contributed by atoms with Gasteiger partial charge in [0.1, 0.15) is 6.61 Å². The molecule has 8 heteroatoms. The molecule has 0 aromatic carbocycles. The third kappa shape index (κ3) is 3.41. The smallest absolute Gasteiger partial charge is 0.337 e. The van der Waals surface area contributed by atoms with Gasteiger partial charge in [0.2, 0.25) is 0 Å². The first kappa shape index (κ1) is 14.2.